The first-order chi connectivity index (χ1) is 15.3. The second kappa shape index (κ2) is 9.64. The molecule has 0 saturated carbocycles. The summed E-state index contributed by atoms with van der Waals surface area (Å²) >= 11 is 0. The lowest BCUT2D eigenvalue weighted by Gasteiger charge is -2.15. The zero-order chi connectivity index (χ0) is 23.3. The van der Waals surface area contributed by atoms with Crippen LogP contribution in [0.5, 0.6) is 17.2 Å². The summed E-state index contributed by atoms with van der Waals surface area (Å²) in [5.41, 5.74) is 1.37. The van der Waals surface area contributed by atoms with Crippen LogP contribution in [-0.4, -0.2) is 27.2 Å². The first-order valence-electron chi connectivity index (χ1n) is 9.62. The van der Waals surface area contributed by atoms with Gasteiger partial charge >= 0.3 is 6.18 Å². The minimum Gasteiger partial charge on any atom is -0.493 e. The van der Waals surface area contributed by atoms with Gasteiger partial charge in [0, 0.05) is 12.1 Å². The minimum absolute atomic E-state index is 0.177. The number of benzene rings is 3. The highest BCUT2D eigenvalue weighted by atomic mass is 19.4. The Morgan fingerprint density at radius 2 is 1.47 bits per heavy atom. The molecule has 1 N–H and O–H groups in total. The van der Waals surface area contributed by atoms with Crippen molar-refractivity contribution in [2.75, 3.05) is 21.3 Å². The molecule has 0 aliphatic carbocycles. The summed E-state index contributed by atoms with van der Waals surface area (Å²) in [6.45, 7) is 0.177. The SMILES string of the molecule is COc1cc(CNC(=O)c2ccccc2-c2ccc(C(F)(F)F)cc2)cc(OC)c1OC. The molecule has 3 aromatic carbocycles. The van der Waals surface area contributed by atoms with E-state index in [1.807, 2.05) is 0 Å². The molecule has 0 spiro atoms. The zero-order valence-electron chi connectivity index (χ0n) is 17.7. The molecule has 1 amide bonds. The topological polar surface area (TPSA) is 56.8 Å². The summed E-state index contributed by atoms with van der Waals surface area (Å²) in [6.07, 6.45) is -4.42. The van der Waals surface area contributed by atoms with E-state index in [1.165, 1.54) is 33.5 Å². The van der Waals surface area contributed by atoms with Crippen LogP contribution in [0.1, 0.15) is 21.5 Å². The van der Waals surface area contributed by atoms with Crippen molar-refractivity contribution in [2.45, 2.75) is 12.7 Å². The molecule has 0 heterocycles. The molecule has 3 aromatic rings. The Morgan fingerprint density at radius 1 is 0.875 bits per heavy atom. The summed E-state index contributed by atoms with van der Waals surface area (Å²) in [5, 5.41) is 2.83. The fraction of sp³-hybridized carbons (Fsp3) is 0.208. The van der Waals surface area contributed by atoms with Gasteiger partial charge < -0.3 is 19.5 Å². The lowest BCUT2D eigenvalue weighted by molar-refractivity contribution is -0.137. The van der Waals surface area contributed by atoms with Crippen LogP contribution in [0.3, 0.4) is 0 Å². The molecule has 168 valence electrons. The van der Waals surface area contributed by atoms with E-state index < -0.39 is 11.7 Å². The Morgan fingerprint density at radius 3 is 2.00 bits per heavy atom. The second-order valence-corrected chi connectivity index (χ2v) is 6.84. The van der Waals surface area contributed by atoms with Crippen LogP contribution in [0.2, 0.25) is 0 Å². The number of methoxy groups -OCH3 is 3. The molecule has 0 unspecified atom stereocenters. The maximum Gasteiger partial charge on any atom is 0.416 e. The van der Waals surface area contributed by atoms with Gasteiger partial charge in [-0.3, -0.25) is 4.79 Å². The molecule has 0 atom stereocenters. The predicted molar refractivity (Wildman–Crippen MR) is 114 cm³/mol. The number of ether oxygens (including phenoxy) is 3. The maximum atomic E-state index is 12.9. The summed E-state index contributed by atoms with van der Waals surface area (Å²) in [6, 6.07) is 14.9. The van der Waals surface area contributed by atoms with Gasteiger partial charge in [0.1, 0.15) is 0 Å². The van der Waals surface area contributed by atoms with Gasteiger partial charge in [-0.25, -0.2) is 0 Å². The normalized spacial score (nSPS) is 11.1. The van der Waals surface area contributed by atoms with Crippen molar-refractivity contribution >= 4 is 5.91 Å². The fourth-order valence-corrected chi connectivity index (χ4v) is 3.29. The molecule has 32 heavy (non-hydrogen) atoms. The summed E-state index contributed by atoms with van der Waals surface area (Å²) in [4.78, 5) is 12.9. The van der Waals surface area contributed by atoms with Gasteiger partial charge in [0.25, 0.3) is 5.91 Å². The molecule has 0 saturated heterocycles. The summed E-state index contributed by atoms with van der Waals surface area (Å²) < 4.78 is 54.5. The van der Waals surface area contributed by atoms with Crippen molar-refractivity contribution in [2.24, 2.45) is 0 Å². The highest BCUT2D eigenvalue weighted by Gasteiger charge is 2.30. The number of amides is 1. The van der Waals surface area contributed by atoms with Crippen LogP contribution in [-0.2, 0) is 12.7 Å². The number of carbonyl (C=O) groups excluding carboxylic acids is 1. The molecule has 5 nitrogen and oxygen atoms in total. The minimum atomic E-state index is -4.42. The Hall–Kier alpha value is -3.68. The number of hydrogen-bond donors (Lipinski definition) is 1. The maximum absolute atomic E-state index is 12.9. The van der Waals surface area contributed by atoms with Crippen molar-refractivity contribution < 1.29 is 32.2 Å². The Labute approximate surface area is 183 Å². The van der Waals surface area contributed by atoms with Gasteiger partial charge in [0.05, 0.1) is 26.9 Å². The van der Waals surface area contributed by atoms with Crippen molar-refractivity contribution in [1.82, 2.24) is 5.32 Å². The van der Waals surface area contributed by atoms with Gasteiger partial charge in [-0.1, -0.05) is 30.3 Å². The van der Waals surface area contributed by atoms with Gasteiger partial charge in [-0.15, -0.1) is 0 Å². The summed E-state index contributed by atoms with van der Waals surface area (Å²) in [5.74, 6) is 0.995. The predicted octanol–water partition coefficient (Wildman–Crippen LogP) is 5.33. The van der Waals surface area contributed by atoms with Crippen LogP contribution in [0.4, 0.5) is 13.2 Å². The number of hydrogen-bond acceptors (Lipinski definition) is 4. The third-order valence-electron chi connectivity index (χ3n) is 4.87. The third kappa shape index (κ3) is 4.96. The van der Waals surface area contributed by atoms with Crippen LogP contribution in [0.15, 0.2) is 60.7 Å². The quantitative estimate of drug-likeness (QED) is 0.534. The van der Waals surface area contributed by atoms with Crippen LogP contribution < -0.4 is 19.5 Å². The third-order valence-corrected chi connectivity index (χ3v) is 4.87. The van der Waals surface area contributed by atoms with Crippen molar-refractivity contribution in [3.63, 3.8) is 0 Å². The Bertz CT molecular complexity index is 1070. The van der Waals surface area contributed by atoms with E-state index in [9.17, 15) is 18.0 Å². The van der Waals surface area contributed by atoms with E-state index in [4.69, 9.17) is 14.2 Å². The molecule has 0 radical (unpaired) electrons. The number of halogens is 3. The van der Waals surface area contributed by atoms with Gasteiger partial charge in [0.15, 0.2) is 11.5 Å². The molecule has 0 fully saturated rings. The number of carbonyl (C=O) groups is 1. The van der Waals surface area contributed by atoms with Crippen LogP contribution in [0, 0.1) is 0 Å². The van der Waals surface area contributed by atoms with E-state index in [0.717, 1.165) is 17.7 Å². The molecular weight excluding hydrogens is 423 g/mol. The van der Waals surface area contributed by atoms with Crippen molar-refractivity contribution in [3.8, 4) is 28.4 Å². The van der Waals surface area contributed by atoms with E-state index in [0.29, 0.717) is 33.9 Å². The summed E-state index contributed by atoms with van der Waals surface area (Å²) in [7, 11) is 4.50. The molecule has 8 heteroatoms. The Kier molecular flexibility index (Phi) is 6.92. The first-order valence-corrected chi connectivity index (χ1v) is 9.62. The average Bonchev–Trinajstić information content (AvgIpc) is 2.81. The number of alkyl halides is 3. The molecule has 3 rings (SSSR count). The average molecular weight is 445 g/mol. The molecular formula is C24H22F3NO4. The highest BCUT2D eigenvalue weighted by molar-refractivity contribution is 6.00. The lowest BCUT2D eigenvalue weighted by atomic mass is 9.98. The van der Waals surface area contributed by atoms with E-state index in [1.54, 1.807) is 36.4 Å². The van der Waals surface area contributed by atoms with E-state index >= 15 is 0 Å². The monoisotopic (exact) mass is 445 g/mol. The second-order valence-electron chi connectivity index (χ2n) is 6.84. The lowest BCUT2D eigenvalue weighted by Crippen LogP contribution is -2.23. The van der Waals surface area contributed by atoms with Crippen LogP contribution in [0.25, 0.3) is 11.1 Å². The van der Waals surface area contributed by atoms with Gasteiger partial charge in [0.2, 0.25) is 5.75 Å². The van der Waals surface area contributed by atoms with E-state index in [-0.39, 0.29) is 12.5 Å². The molecule has 0 aliphatic heterocycles. The smallest absolute Gasteiger partial charge is 0.416 e. The van der Waals surface area contributed by atoms with Crippen LogP contribution >= 0.6 is 0 Å². The van der Waals surface area contributed by atoms with Gasteiger partial charge in [-0.05, 0) is 47.0 Å². The number of rotatable bonds is 7. The zero-order valence-corrected chi connectivity index (χ0v) is 17.7. The standard InChI is InChI=1S/C24H22F3NO4/c1-30-20-12-15(13-21(31-2)22(20)32-3)14-28-23(29)19-7-5-4-6-18(19)16-8-10-17(11-9-16)24(25,26)27/h4-13H,14H2,1-3H3,(H,28,29). The fourth-order valence-electron chi connectivity index (χ4n) is 3.29. The number of nitrogens with one attached hydrogen (secondary N) is 1. The van der Waals surface area contributed by atoms with Crippen molar-refractivity contribution in [1.29, 1.82) is 0 Å². The highest BCUT2D eigenvalue weighted by Crippen LogP contribution is 2.38. The first kappa shape index (κ1) is 23.0. The molecule has 0 bridgehead atoms. The van der Waals surface area contributed by atoms with Crippen molar-refractivity contribution in [3.05, 3.63) is 77.4 Å². The largest absolute Gasteiger partial charge is 0.493 e. The Balaban J connectivity index is 1.83. The van der Waals surface area contributed by atoms with E-state index in [2.05, 4.69) is 5.32 Å². The molecule has 0 aliphatic rings. The molecule has 0 aromatic heterocycles. The van der Waals surface area contributed by atoms with Gasteiger partial charge in [-0.2, -0.15) is 13.2 Å².